The Morgan fingerprint density at radius 2 is 2.00 bits per heavy atom. The predicted octanol–water partition coefficient (Wildman–Crippen LogP) is 2.29. The van der Waals surface area contributed by atoms with E-state index in [0.29, 0.717) is 10.7 Å². The van der Waals surface area contributed by atoms with Crippen LogP contribution in [0.5, 0.6) is 0 Å². The van der Waals surface area contributed by atoms with E-state index >= 15 is 0 Å². The minimum Gasteiger partial charge on any atom is -0.351 e. The lowest BCUT2D eigenvalue weighted by molar-refractivity contribution is 0.0931. The van der Waals surface area contributed by atoms with Crippen molar-refractivity contribution in [2.75, 3.05) is 5.32 Å². The maximum atomic E-state index is 11.5. The zero-order valence-electron chi connectivity index (χ0n) is 9.01. The van der Waals surface area contributed by atoms with Gasteiger partial charge >= 0.3 is 6.03 Å². The van der Waals surface area contributed by atoms with E-state index in [4.69, 9.17) is 11.6 Å². The summed E-state index contributed by atoms with van der Waals surface area (Å²) in [5.41, 5.74) is 0.405. The largest absolute Gasteiger partial charge is 0.351 e. The van der Waals surface area contributed by atoms with Crippen LogP contribution in [0.15, 0.2) is 41.1 Å². The molecule has 2 N–H and O–H groups in total. The van der Waals surface area contributed by atoms with Crippen molar-refractivity contribution in [3.05, 3.63) is 47.3 Å². The lowest BCUT2D eigenvalue weighted by atomic mass is 10.3. The summed E-state index contributed by atoms with van der Waals surface area (Å²) in [4.78, 5) is 23.0. The number of aromatic nitrogens is 1. The Balaban J connectivity index is 1.98. The second-order valence-electron chi connectivity index (χ2n) is 3.26. The van der Waals surface area contributed by atoms with Crippen LogP contribution in [0.4, 0.5) is 10.5 Å². The maximum absolute atomic E-state index is 11.5. The smallest absolute Gasteiger partial charge is 0.326 e. The molecular formula is C11H8ClN3O3. The molecule has 0 fully saturated rings. The van der Waals surface area contributed by atoms with Crippen molar-refractivity contribution < 1.29 is 14.1 Å². The molecule has 0 bridgehead atoms. The van der Waals surface area contributed by atoms with Crippen molar-refractivity contribution in [2.45, 2.75) is 0 Å². The van der Waals surface area contributed by atoms with Crippen molar-refractivity contribution in [3.8, 4) is 0 Å². The number of hydrogen-bond donors (Lipinski definition) is 2. The van der Waals surface area contributed by atoms with Gasteiger partial charge in [-0.3, -0.25) is 10.1 Å². The third kappa shape index (κ3) is 2.86. The quantitative estimate of drug-likeness (QED) is 0.872. The number of carbonyl (C=O) groups is 2. The maximum Gasteiger partial charge on any atom is 0.326 e. The molecule has 2 aromatic rings. The molecule has 0 atom stereocenters. The lowest BCUT2D eigenvalue weighted by Crippen LogP contribution is -2.34. The van der Waals surface area contributed by atoms with E-state index in [-0.39, 0.29) is 5.76 Å². The van der Waals surface area contributed by atoms with Crippen molar-refractivity contribution in [1.29, 1.82) is 0 Å². The second-order valence-corrected chi connectivity index (χ2v) is 3.67. The molecule has 0 saturated carbocycles. The van der Waals surface area contributed by atoms with Gasteiger partial charge in [0, 0.05) is 6.07 Å². The van der Waals surface area contributed by atoms with Gasteiger partial charge in [-0.25, -0.2) is 4.79 Å². The van der Waals surface area contributed by atoms with Gasteiger partial charge in [-0.05, 0) is 12.1 Å². The van der Waals surface area contributed by atoms with Crippen molar-refractivity contribution >= 4 is 29.2 Å². The molecule has 6 nitrogen and oxygen atoms in total. The first-order valence-electron chi connectivity index (χ1n) is 4.94. The number of amides is 3. The fourth-order valence-corrected chi connectivity index (χ4v) is 1.40. The Bertz CT molecular complexity index is 569. The van der Waals surface area contributed by atoms with E-state index in [1.54, 1.807) is 24.3 Å². The standard InChI is InChI=1S/C11H8ClN3O3/c12-7-3-1-2-4-8(7)14-11(17)15-10(16)9-5-6-13-18-9/h1-6H,(H2,14,15,16,17). The average Bonchev–Trinajstić information content (AvgIpc) is 2.85. The van der Waals surface area contributed by atoms with Crippen molar-refractivity contribution in [1.82, 2.24) is 10.5 Å². The average molecular weight is 266 g/mol. The van der Waals surface area contributed by atoms with Crippen LogP contribution in [0.3, 0.4) is 0 Å². The molecule has 1 aromatic heterocycles. The number of rotatable bonds is 2. The van der Waals surface area contributed by atoms with Gasteiger partial charge in [-0.1, -0.05) is 28.9 Å². The van der Waals surface area contributed by atoms with E-state index in [9.17, 15) is 9.59 Å². The summed E-state index contributed by atoms with van der Waals surface area (Å²) in [7, 11) is 0. The Morgan fingerprint density at radius 3 is 2.67 bits per heavy atom. The van der Waals surface area contributed by atoms with Crippen LogP contribution < -0.4 is 10.6 Å². The third-order valence-electron chi connectivity index (χ3n) is 2.01. The molecule has 0 aliphatic rings. The second kappa shape index (κ2) is 5.33. The van der Waals surface area contributed by atoms with Crippen LogP contribution in [-0.2, 0) is 0 Å². The number of halogens is 1. The van der Waals surface area contributed by atoms with Gasteiger partial charge in [0.2, 0.25) is 5.76 Å². The highest BCUT2D eigenvalue weighted by Gasteiger charge is 2.14. The number of carbonyl (C=O) groups excluding carboxylic acids is 2. The molecular weight excluding hydrogens is 258 g/mol. The van der Waals surface area contributed by atoms with Crippen LogP contribution in [0, 0.1) is 0 Å². The molecule has 1 aromatic carbocycles. The number of hydrogen-bond acceptors (Lipinski definition) is 4. The Labute approximate surface area is 107 Å². The highest BCUT2D eigenvalue weighted by atomic mass is 35.5. The summed E-state index contributed by atoms with van der Waals surface area (Å²) in [6.07, 6.45) is 1.31. The molecule has 0 saturated heterocycles. The minimum absolute atomic E-state index is 0.0516. The van der Waals surface area contributed by atoms with Crippen LogP contribution in [0.2, 0.25) is 5.02 Å². The molecule has 2 rings (SSSR count). The van der Waals surface area contributed by atoms with Crippen LogP contribution in [0.1, 0.15) is 10.6 Å². The summed E-state index contributed by atoms with van der Waals surface area (Å²) in [6, 6.07) is 7.31. The molecule has 0 radical (unpaired) electrons. The number of anilines is 1. The highest BCUT2D eigenvalue weighted by molar-refractivity contribution is 6.33. The number of nitrogens with zero attached hydrogens (tertiary/aromatic N) is 1. The summed E-state index contributed by atoms with van der Waals surface area (Å²) in [5, 5.41) is 8.25. The Kier molecular flexibility index (Phi) is 3.59. The third-order valence-corrected chi connectivity index (χ3v) is 2.34. The van der Waals surface area contributed by atoms with E-state index in [2.05, 4.69) is 20.3 Å². The van der Waals surface area contributed by atoms with Crippen molar-refractivity contribution in [3.63, 3.8) is 0 Å². The molecule has 0 unspecified atom stereocenters. The Morgan fingerprint density at radius 1 is 1.22 bits per heavy atom. The number of urea groups is 1. The molecule has 3 amide bonds. The monoisotopic (exact) mass is 265 g/mol. The molecule has 1 heterocycles. The van der Waals surface area contributed by atoms with Gasteiger partial charge in [0.05, 0.1) is 16.9 Å². The van der Waals surface area contributed by atoms with Gasteiger partial charge in [0.15, 0.2) is 0 Å². The zero-order valence-corrected chi connectivity index (χ0v) is 9.77. The molecule has 7 heteroatoms. The summed E-state index contributed by atoms with van der Waals surface area (Å²) in [5.74, 6) is -0.735. The van der Waals surface area contributed by atoms with Gasteiger partial charge in [-0.2, -0.15) is 0 Å². The van der Waals surface area contributed by atoms with E-state index in [1.807, 2.05) is 0 Å². The molecule has 0 aliphatic heterocycles. The fraction of sp³-hybridized carbons (Fsp3) is 0. The minimum atomic E-state index is -0.704. The first kappa shape index (κ1) is 12.1. The lowest BCUT2D eigenvalue weighted by Gasteiger charge is -2.06. The normalized spacial score (nSPS) is 9.83. The molecule has 92 valence electrons. The van der Waals surface area contributed by atoms with Crippen LogP contribution >= 0.6 is 11.6 Å². The van der Waals surface area contributed by atoms with Gasteiger partial charge in [0.1, 0.15) is 0 Å². The van der Waals surface area contributed by atoms with Gasteiger partial charge in [0.25, 0.3) is 5.91 Å². The summed E-state index contributed by atoms with van der Waals surface area (Å²) >= 11 is 5.85. The number of nitrogens with one attached hydrogen (secondary N) is 2. The van der Waals surface area contributed by atoms with E-state index < -0.39 is 11.9 Å². The van der Waals surface area contributed by atoms with E-state index in [0.717, 1.165) is 0 Å². The van der Waals surface area contributed by atoms with Gasteiger partial charge in [-0.15, -0.1) is 0 Å². The number of imide groups is 1. The van der Waals surface area contributed by atoms with Crippen LogP contribution in [-0.4, -0.2) is 17.1 Å². The van der Waals surface area contributed by atoms with Gasteiger partial charge < -0.3 is 9.84 Å². The van der Waals surface area contributed by atoms with Crippen molar-refractivity contribution in [2.24, 2.45) is 0 Å². The Hall–Kier alpha value is -2.34. The number of benzene rings is 1. The summed E-state index contributed by atoms with van der Waals surface area (Å²) in [6.45, 7) is 0. The van der Waals surface area contributed by atoms with Crippen LogP contribution in [0.25, 0.3) is 0 Å². The molecule has 0 spiro atoms. The molecule has 0 aliphatic carbocycles. The predicted molar refractivity (Wildman–Crippen MR) is 64.4 cm³/mol. The summed E-state index contributed by atoms with van der Waals surface area (Å²) < 4.78 is 4.60. The molecule has 18 heavy (non-hydrogen) atoms. The SMILES string of the molecule is O=C(NC(=O)c1ccno1)Nc1ccccc1Cl. The highest BCUT2D eigenvalue weighted by Crippen LogP contribution is 2.20. The zero-order chi connectivity index (χ0) is 13.0. The first-order valence-corrected chi connectivity index (χ1v) is 5.32. The van der Waals surface area contributed by atoms with E-state index in [1.165, 1.54) is 12.3 Å². The fourth-order valence-electron chi connectivity index (χ4n) is 1.21. The number of para-hydroxylation sites is 1. The first-order chi connectivity index (χ1) is 8.66. The topological polar surface area (TPSA) is 84.2 Å².